The molecule has 0 aliphatic heterocycles. The van der Waals surface area contributed by atoms with E-state index in [1.807, 2.05) is 18.0 Å². The lowest BCUT2D eigenvalue weighted by Gasteiger charge is -2.28. The Bertz CT molecular complexity index is 416. The van der Waals surface area contributed by atoms with Crippen molar-refractivity contribution in [3.63, 3.8) is 0 Å². The average molecular weight is 252 g/mol. The molecule has 18 heavy (non-hydrogen) atoms. The number of nitrogen functional groups attached to an aromatic ring is 1. The minimum absolute atomic E-state index is 0.177. The Morgan fingerprint density at radius 1 is 1.39 bits per heavy atom. The summed E-state index contributed by atoms with van der Waals surface area (Å²) in [6.45, 7) is 1.26. The lowest BCUT2D eigenvalue weighted by molar-refractivity contribution is 0.0145. The third-order valence-electron chi connectivity index (χ3n) is 3.62. The van der Waals surface area contributed by atoms with E-state index >= 15 is 0 Å². The lowest BCUT2D eigenvalue weighted by atomic mass is 10.0. The van der Waals surface area contributed by atoms with Gasteiger partial charge in [0.2, 0.25) is 0 Å². The van der Waals surface area contributed by atoms with Crippen LogP contribution in [0.25, 0.3) is 0 Å². The molecular weight excluding hydrogens is 231 g/mol. The Morgan fingerprint density at radius 2 is 2.06 bits per heavy atom. The third kappa shape index (κ3) is 3.21. The van der Waals surface area contributed by atoms with Crippen molar-refractivity contribution in [3.8, 4) is 0 Å². The molecule has 1 aromatic rings. The molecule has 0 heterocycles. The van der Waals surface area contributed by atoms with Crippen molar-refractivity contribution in [1.82, 2.24) is 4.90 Å². The second-order valence-corrected chi connectivity index (χ2v) is 5.46. The van der Waals surface area contributed by atoms with Gasteiger partial charge in [0, 0.05) is 13.1 Å². The molecule has 0 saturated heterocycles. The maximum atomic E-state index is 13.3. The van der Waals surface area contributed by atoms with Gasteiger partial charge in [-0.25, -0.2) is 4.39 Å². The minimum atomic E-state index is -0.554. The summed E-state index contributed by atoms with van der Waals surface area (Å²) in [5, 5.41) is 10.3. The van der Waals surface area contributed by atoms with Gasteiger partial charge in [0.1, 0.15) is 5.82 Å². The normalized spacial score (nSPS) is 18.4. The van der Waals surface area contributed by atoms with Gasteiger partial charge in [-0.2, -0.15) is 0 Å². The molecule has 0 amide bonds. The van der Waals surface area contributed by atoms with Crippen LogP contribution in [0.3, 0.4) is 0 Å². The third-order valence-corrected chi connectivity index (χ3v) is 3.62. The van der Waals surface area contributed by atoms with Gasteiger partial charge in [-0.05, 0) is 37.6 Å². The van der Waals surface area contributed by atoms with E-state index in [2.05, 4.69) is 0 Å². The molecule has 0 unspecified atom stereocenters. The summed E-state index contributed by atoms with van der Waals surface area (Å²) in [6.07, 6.45) is 3.93. The zero-order valence-corrected chi connectivity index (χ0v) is 10.8. The zero-order valence-electron chi connectivity index (χ0n) is 10.8. The topological polar surface area (TPSA) is 49.5 Å². The molecular formula is C14H21FN2O. The SMILES string of the molecule is CN(Cc1ccc(N)c(F)c1)CC1(O)CCCC1. The number of halogens is 1. The Balaban J connectivity index is 1.94. The van der Waals surface area contributed by atoms with Crippen LogP contribution in [0.5, 0.6) is 0 Å². The number of benzene rings is 1. The van der Waals surface area contributed by atoms with Crippen LogP contribution in [0, 0.1) is 5.82 Å². The van der Waals surface area contributed by atoms with Crippen molar-refractivity contribution in [3.05, 3.63) is 29.6 Å². The molecule has 1 aromatic carbocycles. The van der Waals surface area contributed by atoms with Crippen molar-refractivity contribution in [2.24, 2.45) is 0 Å². The molecule has 1 saturated carbocycles. The maximum absolute atomic E-state index is 13.3. The zero-order chi connectivity index (χ0) is 13.2. The van der Waals surface area contributed by atoms with Crippen LogP contribution in [-0.2, 0) is 6.54 Å². The molecule has 3 nitrogen and oxygen atoms in total. The minimum Gasteiger partial charge on any atom is -0.396 e. The van der Waals surface area contributed by atoms with Crippen LogP contribution in [0.4, 0.5) is 10.1 Å². The van der Waals surface area contributed by atoms with E-state index in [1.54, 1.807) is 6.07 Å². The van der Waals surface area contributed by atoms with E-state index in [-0.39, 0.29) is 11.5 Å². The smallest absolute Gasteiger partial charge is 0.146 e. The van der Waals surface area contributed by atoms with E-state index in [4.69, 9.17) is 5.73 Å². The predicted molar refractivity (Wildman–Crippen MR) is 70.6 cm³/mol. The lowest BCUT2D eigenvalue weighted by Crippen LogP contribution is -2.38. The largest absolute Gasteiger partial charge is 0.396 e. The van der Waals surface area contributed by atoms with Crippen molar-refractivity contribution in [2.75, 3.05) is 19.3 Å². The second kappa shape index (κ2) is 5.24. The van der Waals surface area contributed by atoms with E-state index < -0.39 is 5.60 Å². The van der Waals surface area contributed by atoms with Crippen LogP contribution < -0.4 is 5.73 Å². The maximum Gasteiger partial charge on any atom is 0.146 e. The molecule has 1 aliphatic rings. The summed E-state index contributed by atoms with van der Waals surface area (Å²) in [7, 11) is 1.95. The first-order chi connectivity index (χ1) is 8.48. The molecule has 1 fully saturated rings. The number of aliphatic hydroxyl groups is 1. The van der Waals surface area contributed by atoms with E-state index in [1.165, 1.54) is 6.07 Å². The highest BCUT2D eigenvalue weighted by Crippen LogP contribution is 2.30. The van der Waals surface area contributed by atoms with Crippen LogP contribution in [0.2, 0.25) is 0 Å². The van der Waals surface area contributed by atoms with Gasteiger partial charge in [-0.1, -0.05) is 18.9 Å². The molecule has 0 atom stereocenters. The fourth-order valence-corrected chi connectivity index (χ4v) is 2.73. The molecule has 100 valence electrons. The first-order valence-corrected chi connectivity index (χ1v) is 6.43. The monoisotopic (exact) mass is 252 g/mol. The molecule has 0 radical (unpaired) electrons. The van der Waals surface area contributed by atoms with Gasteiger partial charge in [0.05, 0.1) is 11.3 Å². The molecule has 0 aromatic heterocycles. The number of hydrogen-bond donors (Lipinski definition) is 2. The molecule has 0 bridgehead atoms. The first-order valence-electron chi connectivity index (χ1n) is 6.43. The van der Waals surface area contributed by atoms with E-state index in [0.29, 0.717) is 13.1 Å². The second-order valence-electron chi connectivity index (χ2n) is 5.46. The van der Waals surface area contributed by atoms with Gasteiger partial charge < -0.3 is 10.8 Å². The molecule has 1 aliphatic carbocycles. The van der Waals surface area contributed by atoms with Crippen molar-refractivity contribution >= 4 is 5.69 Å². The summed E-state index contributed by atoms with van der Waals surface area (Å²) in [6, 6.07) is 4.88. The number of likely N-dealkylation sites (N-methyl/N-ethyl adjacent to an activating group) is 1. The standard InChI is InChI=1S/C14H21FN2O/c1-17(10-14(18)6-2-3-7-14)9-11-4-5-13(16)12(15)8-11/h4-5,8,18H,2-3,6-7,9-10,16H2,1H3. The van der Waals surface area contributed by atoms with E-state index in [0.717, 1.165) is 31.2 Å². The van der Waals surface area contributed by atoms with Crippen molar-refractivity contribution < 1.29 is 9.50 Å². The van der Waals surface area contributed by atoms with Gasteiger partial charge in [-0.15, -0.1) is 0 Å². The number of nitrogens with zero attached hydrogens (tertiary/aromatic N) is 1. The summed E-state index contributed by atoms with van der Waals surface area (Å²) in [4.78, 5) is 2.04. The van der Waals surface area contributed by atoms with Gasteiger partial charge in [0.25, 0.3) is 0 Å². The molecule has 0 spiro atoms. The Kier molecular flexibility index (Phi) is 3.88. The Morgan fingerprint density at radius 3 is 2.67 bits per heavy atom. The Labute approximate surface area is 107 Å². The number of nitrogens with two attached hydrogens (primary N) is 1. The first kappa shape index (κ1) is 13.3. The van der Waals surface area contributed by atoms with Crippen molar-refractivity contribution in [1.29, 1.82) is 0 Å². The summed E-state index contributed by atoms with van der Waals surface area (Å²) in [5.74, 6) is -0.375. The fraction of sp³-hybridized carbons (Fsp3) is 0.571. The van der Waals surface area contributed by atoms with Gasteiger partial charge in [0.15, 0.2) is 0 Å². The number of rotatable bonds is 4. The molecule has 2 rings (SSSR count). The Hall–Kier alpha value is -1.13. The van der Waals surface area contributed by atoms with Crippen molar-refractivity contribution in [2.45, 2.75) is 37.8 Å². The van der Waals surface area contributed by atoms with Crippen LogP contribution >= 0.6 is 0 Å². The average Bonchev–Trinajstić information content (AvgIpc) is 2.70. The summed E-state index contributed by atoms with van der Waals surface area (Å²) < 4.78 is 13.3. The quantitative estimate of drug-likeness (QED) is 0.807. The highest BCUT2D eigenvalue weighted by atomic mass is 19.1. The number of hydrogen-bond acceptors (Lipinski definition) is 3. The highest BCUT2D eigenvalue weighted by molar-refractivity contribution is 5.41. The predicted octanol–water partition coefficient (Wildman–Crippen LogP) is 2.14. The van der Waals surface area contributed by atoms with E-state index in [9.17, 15) is 9.50 Å². The molecule has 4 heteroatoms. The summed E-state index contributed by atoms with van der Waals surface area (Å²) >= 11 is 0. The fourth-order valence-electron chi connectivity index (χ4n) is 2.73. The summed E-state index contributed by atoms with van der Waals surface area (Å²) in [5.41, 5.74) is 5.95. The highest BCUT2D eigenvalue weighted by Gasteiger charge is 2.32. The molecule has 3 N–H and O–H groups in total. The van der Waals surface area contributed by atoms with Crippen LogP contribution in [0.1, 0.15) is 31.2 Å². The van der Waals surface area contributed by atoms with Gasteiger partial charge >= 0.3 is 0 Å². The van der Waals surface area contributed by atoms with Crippen LogP contribution in [0.15, 0.2) is 18.2 Å². The van der Waals surface area contributed by atoms with Gasteiger partial charge in [-0.3, -0.25) is 4.90 Å². The number of anilines is 1. The van der Waals surface area contributed by atoms with Crippen LogP contribution in [-0.4, -0.2) is 29.2 Å².